The third-order valence-corrected chi connectivity index (χ3v) is 2.85. The molecular formula is C17H20O4. The molecule has 0 aliphatic heterocycles. The van der Waals surface area contributed by atoms with Crippen LogP contribution in [0.5, 0.6) is 17.2 Å². The van der Waals surface area contributed by atoms with Gasteiger partial charge in [-0.3, -0.25) is 0 Å². The van der Waals surface area contributed by atoms with E-state index < -0.39 is 0 Å². The second-order valence-corrected chi connectivity index (χ2v) is 4.38. The van der Waals surface area contributed by atoms with Crippen molar-refractivity contribution in [3.63, 3.8) is 0 Å². The average molecular weight is 288 g/mol. The number of para-hydroxylation sites is 3. The van der Waals surface area contributed by atoms with Crippen molar-refractivity contribution in [2.45, 2.75) is 13.2 Å². The first-order valence-electron chi connectivity index (χ1n) is 6.88. The molecule has 0 aliphatic carbocycles. The molecule has 2 rings (SSSR count). The van der Waals surface area contributed by atoms with E-state index in [0.29, 0.717) is 24.7 Å². The summed E-state index contributed by atoms with van der Waals surface area (Å²) in [7, 11) is 1.61. The molecule has 2 aromatic rings. The molecule has 0 radical (unpaired) electrons. The van der Waals surface area contributed by atoms with Gasteiger partial charge in [0, 0.05) is 7.11 Å². The van der Waals surface area contributed by atoms with Crippen LogP contribution in [0.2, 0.25) is 0 Å². The molecule has 4 nitrogen and oxygen atoms in total. The number of benzene rings is 2. The molecule has 0 N–H and O–H groups in total. The second-order valence-electron chi connectivity index (χ2n) is 4.38. The lowest BCUT2D eigenvalue weighted by atomic mass is 10.3. The van der Waals surface area contributed by atoms with Crippen molar-refractivity contribution in [3.05, 3.63) is 54.6 Å². The van der Waals surface area contributed by atoms with Gasteiger partial charge in [0.1, 0.15) is 12.4 Å². The van der Waals surface area contributed by atoms with Crippen LogP contribution in [0.1, 0.15) is 6.92 Å². The fourth-order valence-electron chi connectivity index (χ4n) is 1.70. The van der Waals surface area contributed by atoms with Gasteiger partial charge in [0.25, 0.3) is 0 Å². The lowest BCUT2D eigenvalue weighted by molar-refractivity contribution is -0.115. The molecule has 0 spiro atoms. The Bertz CT molecular complexity index is 527. The van der Waals surface area contributed by atoms with E-state index in [1.165, 1.54) is 0 Å². The van der Waals surface area contributed by atoms with Gasteiger partial charge in [-0.1, -0.05) is 30.3 Å². The average Bonchev–Trinajstić information content (AvgIpc) is 2.53. The summed E-state index contributed by atoms with van der Waals surface area (Å²) in [5, 5.41) is 0. The Balaban J connectivity index is 1.91. The molecule has 0 saturated heterocycles. The van der Waals surface area contributed by atoms with E-state index in [2.05, 4.69) is 0 Å². The van der Waals surface area contributed by atoms with Crippen LogP contribution in [0.3, 0.4) is 0 Å². The number of ether oxygens (including phenoxy) is 4. The summed E-state index contributed by atoms with van der Waals surface area (Å²) >= 11 is 0. The molecule has 0 fully saturated rings. The topological polar surface area (TPSA) is 36.9 Å². The lowest BCUT2D eigenvalue weighted by Gasteiger charge is -2.14. The zero-order chi connectivity index (χ0) is 14.9. The molecule has 0 aliphatic rings. The molecule has 1 unspecified atom stereocenters. The smallest absolute Gasteiger partial charge is 0.169 e. The van der Waals surface area contributed by atoms with Gasteiger partial charge in [0.2, 0.25) is 0 Å². The molecule has 4 heteroatoms. The van der Waals surface area contributed by atoms with Crippen molar-refractivity contribution >= 4 is 0 Å². The molecular weight excluding hydrogens is 268 g/mol. The maximum atomic E-state index is 5.82. The Hall–Kier alpha value is -2.04. The predicted molar refractivity (Wildman–Crippen MR) is 80.9 cm³/mol. The van der Waals surface area contributed by atoms with Crippen molar-refractivity contribution < 1.29 is 18.9 Å². The zero-order valence-corrected chi connectivity index (χ0v) is 12.3. The molecule has 0 aromatic heterocycles. The Morgan fingerprint density at radius 2 is 1.52 bits per heavy atom. The van der Waals surface area contributed by atoms with Crippen LogP contribution < -0.4 is 9.47 Å². The summed E-state index contributed by atoms with van der Waals surface area (Å²) in [5.74, 6) is 2.15. The lowest BCUT2D eigenvalue weighted by Crippen LogP contribution is -2.15. The Morgan fingerprint density at radius 1 is 0.857 bits per heavy atom. The molecule has 0 saturated carbocycles. The zero-order valence-electron chi connectivity index (χ0n) is 12.3. The van der Waals surface area contributed by atoms with Crippen molar-refractivity contribution in [1.29, 1.82) is 0 Å². The summed E-state index contributed by atoms with van der Waals surface area (Å²) in [6.45, 7) is 2.73. The van der Waals surface area contributed by atoms with Crippen LogP contribution in [-0.2, 0) is 9.47 Å². The molecule has 21 heavy (non-hydrogen) atoms. The normalized spacial score (nSPS) is 11.9. The van der Waals surface area contributed by atoms with E-state index >= 15 is 0 Å². The largest absolute Gasteiger partial charge is 0.487 e. The quantitative estimate of drug-likeness (QED) is 0.546. The van der Waals surface area contributed by atoms with Gasteiger partial charge in [-0.25, -0.2) is 0 Å². The summed E-state index contributed by atoms with van der Waals surface area (Å²) < 4.78 is 21.9. The van der Waals surface area contributed by atoms with Crippen LogP contribution >= 0.6 is 0 Å². The van der Waals surface area contributed by atoms with E-state index in [1.807, 2.05) is 61.5 Å². The van der Waals surface area contributed by atoms with Gasteiger partial charge in [0.15, 0.2) is 17.8 Å². The second kappa shape index (κ2) is 8.29. The number of rotatable bonds is 8. The van der Waals surface area contributed by atoms with Crippen molar-refractivity contribution in [2.75, 3.05) is 20.3 Å². The highest BCUT2D eigenvalue weighted by molar-refractivity contribution is 5.42. The number of methoxy groups -OCH3 is 1. The Kier molecular flexibility index (Phi) is 6.06. The third kappa shape index (κ3) is 5.10. The van der Waals surface area contributed by atoms with Crippen LogP contribution in [0.25, 0.3) is 0 Å². The monoisotopic (exact) mass is 288 g/mol. The minimum absolute atomic E-state index is 0.232. The van der Waals surface area contributed by atoms with Gasteiger partial charge in [0.05, 0.1) is 6.61 Å². The van der Waals surface area contributed by atoms with Crippen LogP contribution in [0.15, 0.2) is 54.6 Å². The molecule has 0 amide bonds. The molecule has 0 bridgehead atoms. The van der Waals surface area contributed by atoms with E-state index in [9.17, 15) is 0 Å². The Morgan fingerprint density at radius 3 is 2.24 bits per heavy atom. The van der Waals surface area contributed by atoms with Crippen molar-refractivity contribution in [1.82, 2.24) is 0 Å². The van der Waals surface area contributed by atoms with E-state index in [-0.39, 0.29) is 6.29 Å². The van der Waals surface area contributed by atoms with Crippen molar-refractivity contribution in [2.24, 2.45) is 0 Å². The van der Waals surface area contributed by atoms with Crippen molar-refractivity contribution in [3.8, 4) is 17.2 Å². The third-order valence-electron chi connectivity index (χ3n) is 2.85. The Labute approximate surface area is 125 Å². The first kappa shape index (κ1) is 15.4. The fourth-order valence-corrected chi connectivity index (χ4v) is 1.70. The molecule has 2 aromatic carbocycles. The summed E-state index contributed by atoms with van der Waals surface area (Å²) in [5.41, 5.74) is 0. The number of hydrogen-bond donors (Lipinski definition) is 0. The molecule has 112 valence electrons. The maximum Gasteiger partial charge on any atom is 0.169 e. The maximum absolute atomic E-state index is 5.82. The van der Waals surface area contributed by atoms with Gasteiger partial charge in [-0.15, -0.1) is 0 Å². The van der Waals surface area contributed by atoms with E-state index in [0.717, 1.165) is 5.75 Å². The highest BCUT2D eigenvalue weighted by Gasteiger charge is 2.06. The van der Waals surface area contributed by atoms with Crippen LogP contribution in [0, 0.1) is 0 Å². The van der Waals surface area contributed by atoms with Gasteiger partial charge in [-0.2, -0.15) is 0 Å². The minimum atomic E-state index is -0.232. The highest BCUT2D eigenvalue weighted by Crippen LogP contribution is 2.30. The van der Waals surface area contributed by atoms with Gasteiger partial charge < -0.3 is 18.9 Å². The first-order chi connectivity index (χ1) is 10.3. The van der Waals surface area contributed by atoms with E-state index in [4.69, 9.17) is 18.9 Å². The van der Waals surface area contributed by atoms with Gasteiger partial charge in [-0.05, 0) is 31.2 Å². The minimum Gasteiger partial charge on any atom is -0.487 e. The fraction of sp³-hybridized carbons (Fsp3) is 0.294. The van der Waals surface area contributed by atoms with E-state index in [1.54, 1.807) is 7.11 Å². The summed E-state index contributed by atoms with van der Waals surface area (Å²) in [6, 6.07) is 17.2. The molecule has 1 atom stereocenters. The summed E-state index contributed by atoms with van der Waals surface area (Å²) in [6.07, 6.45) is -0.232. The van der Waals surface area contributed by atoms with Gasteiger partial charge >= 0.3 is 0 Å². The SMILES string of the molecule is COC(C)OCCOc1ccccc1Oc1ccccc1. The predicted octanol–water partition coefficient (Wildman–Crippen LogP) is 3.87. The molecule has 0 heterocycles. The standard InChI is InChI=1S/C17H20O4/c1-14(18-2)19-12-13-20-16-10-6-7-11-17(16)21-15-8-4-3-5-9-15/h3-11,14H,12-13H2,1-2H3. The summed E-state index contributed by atoms with van der Waals surface area (Å²) in [4.78, 5) is 0. The highest BCUT2D eigenvalue weighted by atomic mass is 16.7. The van der Waals surface area contributed by atoms with Crippen LogP contribution in [0.4, 0.5) is 0 Å². The number of hydrogen-bond acceptors (Lipinski definition) is 4. The van der Waals surface area contributed by atoms with Crippen LogP contribution in [-0.4, -0.2) is 26.6 Å². The first-order valence-corrected chi connectivity index (χ1v) is 6.88.